The van der Waals surface area contributed by atoms with E-state index in [9.17, 15) is 18.0 Å². The summed E-state index contributed by atoms with van der Waals surface area (Å²) in [5, 5.41) is 6.10. The molecule has 26 heavy (non-hydrogen) atoms. The molecule has 6 nitrogen and oxygen atoms in total. The first-order chi connectivity index (χ1) is 12.4. The van der Waals surface area contributed by atoms with E-state index in [1.54, 1.807) is 31.4 Å². The van der Waals surface area contributed by atoms with Gasteiger partial charge in [0.1, 0.15) is 5.75 Å². The Hall–Kier alpha value is -2.58. The van der Waals surface area contributed by atoms with E-state index in [1.807, 2.05) is 0 Å². The minimum absolute atomic E-state index is 0.0492. The molecule has 0 atom stereocenters. The SMILES string of the molecule is COc1cccc(NC(=O)CCCCCCc2noc(C(F)(F)F)n2)c1. The molecule has 1 aromatic carbocycles. The highest BCUT2D eigenvalue weighted by Crippen LogP contribution is 2.27. The van der Waals surface area contributed by atoms with Crippen LogP contribution in [0.2, 0.25) is 0 Å². The van der Waals surface area contributed by atoms with Crippen LogP contribution < -0.4 is 10.1 Å². The highest BCUT2D eigenvalue weighted by Gasteiger charge is 2.38. The number of carbonyl (C=O) groups excluding carboxylic acids is 1. The lowest BCUT2D eigenvalue weighted by Crippen LogP contribution is -2.11. The first-order valence-corrected chi connectivity index (χ1v) is 8.22. The van der Waals surface area contributed by atoms with Crippen LogP contribution in [0.4, 0.5) is 18.9 Å². The second-order valence-electron chi connectivity index (χ2n) is 5.71. The second-order valence-corrected chi connectivity index (χ2v) is 5.71. The Balaban J connectivity index is 1.60. The molecule has 0 aliphatic rings. The molecule has 0 spiro atoms. The van der Waals surface area contributed by atoms with Gasteiger partial charge in [-0.2, -0.15) is 18.2 Å². The summed E-state index contributed by atoms with van der Waals surface area (Å²) >= 11 is 0. The molecule has 2 aromatic rings. The zero-order valence-corrected chi connectivity index (χ0v) is 14.3. The van der Waals surface area contributed by atoms with E-state index in [0.717, 1.165) is 12.8 Å². The first kappa shape index (κ1) is 19.7. The van der Waals surface area contributed by atoms with Gasteiger partial charge in [-0.05, 0) is 25.0 Å². The Morgan fingerprint density at radius 3 is 2.69 bits per heavy atom. The van der Waals surface area contributed by atoms with Gasteiger partial charge in [-0.3, -0.25) is 4.79 Å². The van der Waals surface area contributed by atoms with Crippen LogP contribution >= 0.6 is 0 Å². The molecular weight excluding hydrogens is 351 g/mol. The molecule has 0 aliphatic heterocycles. The zero-order chi connectivity index (χ0) is 19.0. The van der Waals surface area contributed by atoms with Crippen molar-refractivity contribution in [2.45, 2.75) is 44.7 Å². The van der Waals surface area contributed by atoms with Crippen LogP contribution in [0.5, 0.6) is 5.75 Å². The Morgan fingerprint density at radius 2 is 2.00 bits per heavy atom. The summed E-state index contributed by atoms with van der Waals surface area (Å²) in [6.45, 7) is 0. The molecule has 0 bridgehead atoms. The minimum Gasteiger partial charge on any atom is -0.497 e. The van der Waals surface area contributed by atoms with E-state index in [4.69, 9.17) is 4.74 Å². The average Bonchev–Trinajstić information content (AvgIpc) is 3.07. The van der Waals surface area contributed by atoms with Crippen molar-refractivity contribution < 1.29 is 27.2 Å². The highest BCUT2D eigenvalue weighted by molar-refractivity contribution is 5.90. The Morgan fingerprint density at radius 1 is 1.23 bits per heavy atom. The number of unbranched alkanes of at least 4 members (excludes halogenated alkanes) is 3. The fraction of sp³-hybridized carbons (Fsp3) is 0.471. The third-order valence-corrected chi connectivity index (χ3v) is 3.62. The van der Waals surface area contributed by atoms with Gasteiger partial charge in [0.05, 0.1) is 7.11 Å². The monoisotopic (exact) mass is 371 g/mol. The van der Waals surface area contributed by atoms with E-state index >= 15 is 0 Å². The number of alkyl halides is 3. The van der Waals surface area contributed by atoms with Crippen LogP contribution in [0.3, 0.4) is 0 Å². The third-order valence-electron chi connectivity index (χ3n) is 3.62. The van der Waals surface area contributed by atoms with Gasteiger partial charge in [-0.1, -0.05) is 24.1 Å². The topological polar surface area (TPSA) is 77.2 Å². The number of methoxy groups -OCH3 is 1. The molecule has 2 rings (SSSR count). The zero-order valence-electron chi connectivity index (χ0n) is 14.3. The summed E-state index contributed by atoms with van der Waals surface area (Å²) in [5.74, 6) is -0.695. The van der Waals surface area contributed by atoms with Gasteiger partial charge >= 0.3 is 12.1 Å². The maximum absolute atomic E-state index is 12.3. The summed E-state index contributed by atoms with van der Waals surface area (Å²) in [6, 6.07) is 7.09. The summed E-state index contributed by atoms with van der Waals surface area (Å²) in [5.41, 5.74) is 0.673. The van der Waals surface area contributed by atoms with E-state index < -0.39 is 12.1 Å². The lowest BCUT2D eigenvalue weighted by atomic mass is 10.1. The molecule has 0 unspecified atom stereocenters. The number of aryl methyl sites for hydroxylation is 1. The summed E-state index contributed by atoms with van der Waals surface area (Å²) < 4.78 is 46.2. The molecule has 1 N–H and O–H groups in total. The molecule has 9 heteroatoms. The van der Waals surface area contributed by atoms with Gasteiger partial charge in [0, 0.05) is 24.6 Å². The summed E-state index contributed by atoms with van der Waals surface area (Å²) in [6.07, 6.45) is -1.05. The highest BCUT2D eigenvalue weighted by atomic mass is 19.4. The van der Waals surface area contributed by atoms with E-state index in [2.05, 4.69) is 20.0 Å². The van der Waals surface area contributed by atoms with Crippen molar-refractivity contribution in [2.75, 3.05) is 12.4 Å². The van der Waals surface area contributed by atoms with Crippen molar-refractivity contribution >= 4 is 11.6 Å². The number of hydrogen-bond acceptors (Lipinski definition) is 5. The predicted molar refractivity (Wildman–Crippen MR) is 87.7 cm³/mol. The van der Waals surface area contributed by atoms with Crippen LogP contribution in [0.15, 0.2) is 28.8 Å². The fourth-order valence-corrected chi connectivity index (χ4v) is 2.32. The lowest BCUT2D eigenvalue weighted by molar-refractivity contribution is -0.159. The minimum atomic E-state index is -4.61. The van der Waals surface area contributed by atoms with Crippen LogP contribution in [-0.4, -0.2) is 23.2 Å². The number of ether oxygens (including phenoxy) is 1. The number of benzene rings is 1. The number of anilines is 1. The molecule has 1 amide bonds. The molecule has 142 valence electrons. The number of amides is 1. The van der Waals surface area contributed by atoms with E-state index in [0.29, 0.717) is 37.1 Å². The molecule has 0 aliphatic carbocycles. The fourth-order valence-electron chi connectivity index (χ4n) is 2.32. The standard InChI is InChI=1S/C17H20F3N3O3/c1-25-13-8-6-7-12(11-13)21-15(24)10-5-3-2-4-9-14-22-16(26-23-14)17(18,19)20/h6-8,11H,2-5,9-10H2,1H3,(H,21,24). The maximum atomic E-state index is 12.3. The van der Waals surface area contributed by atoms with Crippen molar-refractivity contribution in [3.05, 3.63) is 36.0 Å². The van der Waals surface area contributed by atoms with Crippen molar-refractivity contribution in [3.63, 3.8) is 0 Å². The quantitative estimate of drug-likeness (QED) is 0.668. The summed E-state index contributed by atoms with van der Waals surface area (Å²) in [4.78, 5) is 15.2. The number of nitrogens with one attached hydrogen (secondary N) is 1. The van der Waals surface area contributed by atoms with Crippen molar-refractivity contribution in [2.24, 2.45) is 0 Å². The number of hydrogen-bond donors (Lipinski definition) is 1. The lowest BCUT2D eigenvalue weighted by Gasteiger charge is -2.07. The van der Waals surface area contributed by atoms with Crippen LogP contribution in [0.25, 0.3) is 0 Å². The van der Waals surface area contributed by atoms with Gasteiger partial charge in [-0.15, -0.1) is 0 Å². The van der Waals surface area contributed by atoms with Crippen LogP contribution in [0.1, 0.15) is 43.8 Å². The Labute approximate surface area is 148 Å². The van der Waals surface area contributed by atoms with Gasteiger partial charge in [-0.25, -0.2) is 0 Å². The van der Waals surface area contributed by atoms with Crippen molar-refractivity contribution in [1.29, 1.82) is 0 Å². The van der Waals surface area contributed by atoms with Crippen LogP contribution in [0, 0.1) is 0 Å². The van der Waals surface area contributed by atoms with Gasteiger partial charge in [0.25, 0.3) is 0 Å². The van der Waals surface area contributed by atoms with Crippen molar-refractivity contribution in [3.8, 4) is 5.75 Å². The largest absolute Gasteiger partial charge is 0.497 e. The first-order valence-electron chi connectivity index (χ1n) is 8.22. The molecule has 0 radical (unpaired) electrons. The van der Waals surface area contributed by atoms with Gasteiger partial charge in [0.2, 0.25) is 5.91 Å². The Bertz CT molecular complexity index is 717. The number of rotatable bonds is 9. The van der Waals surface area contributed by atoms with E-state index in [1.165, 1.54) is 0 Å². The number of halogens is 3. The molecule has 1 heterocycles. The smallest absolute Gasteiger partial charge is 0.471 e. The predicted octanol–water partition coefficient (Wildman–Crippen LogP) is 4.23. The van der Waals surface area contributed by atoms with E-state index in [-0.39, 0.29) is 11.7 Å². The van der Waals surface area contributed by atoms with Gasteiger partial charge in [0.15, 0.2) is 5.82 Å². The normalized spacial score (nSPS) is 11.4. The number of nitrogens with zero attached hydrogens (tertiary/aromatic N) is 2. The van der Waals surface area contributed by atoms with Crippen LogP contribution in [-0.2, 0) is 17.4 Å². The second kappa shape index (κ2) is 9.21. The molecule has 0 saturated heterocycles. The Kier molecular flexibility index (Phi) is 6.99. The van der Waals surface area contributed by atoms with Gasteiger partial charge < -0.3 is 14.6 Å². The number of aromatic nitrogens is 2. The molecule has 0 fully saturated rings. The third kappa shape index (κ3) is 6.38. The summed E-state index contributed by atoms with van der Waals surface area (Å²) in [7, 11) is 1.56. The molecule has 0 saturated carbocycles. The maximum Gasteiger partial charge on any atom is 0.471 e. The molecular formula is C17H20F3N3O3. The van der Waals surface area contributed by atoms with Crippen molar-refractivity contribution in [1.82, 2.24) is 10.1 Å². The average molecular weight is 371 g/mol. The molecule has 1 aromatic heterocycles. The number of carbonyl (C=O) groups is 1.